The molecule has 1 aromatic rings. The van der Waals surface area contributed by atoms with Gasteiger partial charge in [0.15, 0.2) is 11.5 Å². The van der Waals surface area contributed by atoms with Crippen molar-refractivity contribution in [2.45, 2.75) is 27.2 Å². The van der Waals surface area contributed by atoms with E-state index in [0.717, 1.165) is 16.5 Å². The number of rotatable bonds is 8. The van der Waals surface area contributed by atoms with Crippen LogP contribution in [0.1, 0.15) is 37.6 Å². The molecule has 0 fully saturated rings. The largest absolute Gasteiger partial charge is 0.493 e. The van der Waals surface area contributed by atoms with E-state index in [1.165, 1.54) is 0 Å². The third-order valence-electron chi connectivity index (χ3n) is 3.06. The van der Waals surface area contributed by atoms with Crippen molar-refractivity contribution in [2.24, 2.45) is 0 Å². The van der Waals surface area contributed by atoms with Crippen LogP contribution in [-0.4, -0.2) is 37.6 Å². The zero-order chi connectivity index (χ0) is 16.7. The molecule has 0 aliphatic heterocycles. The lowest BCUT2D eigenvalue weighted by Gasteiger charge is -2.22. The van der Waals surface area contributed by atoms with Crippen molar-refractivity contribution in [1.82, 2.24) is 4.90 Å². The van der Waals surface area contributed by atoms with Crippen LogP contribution >= 0.6 is 15.9 Å². The van der Waals surface area contributed by atoms with Gasteiger partial charge in [-0.3, -0.25) is 4.79 Å². The van der Waals surface area contributed by atoms with Gasteiger partial charge in [-0.2, -0.15) is 0 Å². The quantitative estimate of drug-likeness (QED) is 0.641. The van der Waals surface area contributed by atoms with Crippen LogP contribution in [0.4, 0.5) is 0 Å². The number of ether oxygens (including phenoxy) is 2. The van der Waals surface area contributed by atoms with Crippen molar-refractivity contribution in [2.75, 3.05) is 26.8 Å². The summed E-state index contributed by atoms with van der Waals surface area (Å²) in [5.41, 5.74) is 1.51. The Balaban J connectivity index is 3.12. The van der Waals surface area contributed by atoms with Crippen LogP contribution in [0, 0.1) is 0 Å². The molecule has 22 heavy (non-hydrogen) atoms. The van der Waals surface area contributed by atoms with E-state index in [1.54, 1.807) is 24.1 Å². The maximum Gasteiger partial charge on any atom is 0.254 e. The van der Waals surface area contributed by atoms with Crippen LogP contribution in [0.25, 0.3) is 0 Å². The second-order valence-electron chi connectivity index (χ2n) is 5.11. The summed E-state index contributed by atoms with van der Waals surface area (Å²) in [4.78, 5) is 14.4. The Morgan fingerprint density at radius 3 is 2.55 bits per heavy atom. The zero-order valence-electron chi connectivity index (χ0n) is 13.7. The van der Waals surface area contributed by atoms with Crippen molar-refractivity contribution in [3.63, 3.8) is 0 Å². The summed E-state index contributed by atoms with van der Waals surface area (Å²) in [5, 5.41) is 0. The first-order valence-corrected chi connectivity index (χ1v) is 8.17. The lowest BCUT2D eigenvalue weighted by molar-refractivity contribution is 0.0778. The van der Waals surface area contributed by atoms with E-state index in [9.17, 15) is 4.79 Å². The fourth-order valence-corrected chi connectivity index (χ4v) is 2.58. The molecule has 0 aliphatic rings. The predicted molar refractivity (Wildman–Crippen MR) is 92.9 cm³/mol. The van der Waals surface area contributed by atoms with Gasteiger partial charge in [0.05, 0.1) is 18.2 Å². The van der Waals surface area contributed by atoms with Gasteiger partial charge in [0, 0.05) is 18.7 Å². The summed E-state index contributed by atoms with van der Waals surface area (Å²) in [6, 6.07) is 3.50. The maximum absolute atomic E-state index is 12.6. The molecule has 122 valence electrons. The average Bonchev–Trinajstić information content (AvgIpc) is 2.49. The normalized spacial score (nSPS) is 10.2. The van der Waals surface area contributed by atoms with Crippen molar-refractivity contribution in [3.8, 4) is 11.5 Å². The molecule has 0 saturated heterocycles. The molecule has 0 bridgehead atoms. The van der Waals surface area contributed by atoms with Gasteiger partial charge in [-0.05, 0) is 48.3 Å². The minimum atomic E-state index is -0.0495. The van der Waals surface area contributed by atoms with Gasteiger partial charge in [0.25, 0.3) is 5.91 Å². The number of carbonyl (C=O) groups excluding carboxylic acids is 1. The smallest absolute Gasteiger partial charge is 0.254 e. The Bertz CT molecular complexity index is 543. The molecule has 1 amide bonds. The van der Waals surface area contributed by atoms with E-state index in [1.807, 2.05) is 20.8 Å². The molecule has 1 aromatic carbocycles. The number of halogens is 1. The minimum absolute atomic E-state index is 0.0495. The molecular formula is C17H24BrNO3. The molecule has 0 atom stereocenters. The van der Waals surface area contributed by atoms with E-state index >= 15 is 0 Å². The van der Waals surface area contributed by atoms with Crippen LogP contribution in [-0.2, 0) is 0 Å². The number of hydrogen-bond donors (Lipinski definition) is 0. The highest BCUT2D eigenvalue weighted by Gasteiger charge is 2.19. The van der Waals surface area contributed by atoms with Crippen molar-refractivity contribution in [1.29, 1.82) is 0 Å². The first-order valence-electron chi connectivity index (χ1n) is 7.38. The SMILES string of the molecule is C=C(C)CN(CC)C(=O)c1cc(Br)c(OCCC)c(OC)c1. The summed E-state index contributed by atoms with van der Waals surface area (Å²) in [6.45, 7) is 11.5. The van der Waals surface area contributed by atoms with Gasteiger partial charge < -0.3 is 14.4 Å². The standard InChI is InChI=1S/C17H24BrNO3/c1-6-8-22-16-14(18)9-13(10-15(16)21-5)17(20)19(7-2)11-12(3)4/h9-10H,3,6-8,11H2,1-2,4-5H3. The fourth-order valence-electron chi connectivity index (χ4n) is 2.02. The van der Waals surface area contributed by atoms with Crippen LogP contribution < -0.4 is 9.47 Å². The van der Waals surface area contributed by atoms with Crippen LogP contribution in [0.2, 0.25) is 0 Å². The van der Waals surface area contributed by atoms with E-state index in [-0.39, 0.29) is 5.91 Å². The van der Waals surface area contributed by atoms with Gasteiger partial charge in [0.1, 0.15) is 0 Å². The van der Waals surface area contributed by atoms with Gasteiger partial charge in [0.2, 0.25) is 0 Å². The van der Waals surface area contributed by atoms with Crippen molar-refractivity contribution in [3.05, 3.63) is 34.3 Å². The molecule has 4 nitrogen and oxygen atoms in total. The Morgan fingerprint density at radius 2 is 2.05 bits per heavy atom. The highest BCUT2D eigenvalue weighted by Crippen LogP contribution is 2.37. The Kier molecular flexibility index (Phi) is 7.45. The highest BCUT2D eigenvalue weighted by molar-refractivity contribution is 9.10. The monoisotopic (exact) mass is 369 g/mol. The summed E-state index contributed by atoms with van der Waals surface area (Å²) in [7, 11) is 1.57. The molecule has 1 rings (SSSR count). The summed E-state index contributed by atoms with van der Waals surface area (Å²) >= 11 is 3.47. The number of amides is 1. The molecule has 0 saturated carbocycles. The van der Waals surface area contributed by atoms with Gasteiger partial charge >= 0.3 is 0 Å². The number of carbonyl (C=O) groups is 1. The van der Waals surface area contributed by atoms with Crippen molar-refractivity contribution < 1.29 is 14.3 Å². The summed E-state index contributed by atoms with van der Waals surface area (Å²) < 4.78 is 11.8. The van der Waals surface area contributed by atoms with E-state index < -0.39 is 0 Å². The Morgan fingerprint density at radius 1 is 1.36 bits per heavy atom. The lowest BCUT2D eigenvalue weighted by Crippen LogP contribution is -2.32. The third-order valence-corrected chi connectivity index (χ3v) is 3.65. The van der Waals surface area contributed by atoms with Crippen LogP contribution in [0.15, 0.2) is 28.8 Å². The summed E-state index contributed by atoms with van der Waals surface area (Å²) in [5.74, 6) is 1.13. The molecule has 0 N–H and O–H groups in total. The lowest BCUT2D eigenvalue weighted by atomic mass is 10.1. The molecule has 0 aliphatic carbocycles. The Labute approximate surface area is 141 Å². The minimum Gasteiger partial charge on any atom is -0.493 e. The van der Waals surface area contributed by atoms with E-state index in [2.05, 4.69) is 22.5 Å². The number of benzene rings is 1. The third kappa shape index (κ3) is 4.77. The summed E-state index contributed by atoms with van der Waals surface area (Å²) in [6.07, 6.45) is 0.901. The predicted octanol–water partition coefficient (Wildman–Crippen LogP) is 4.28. The topological polar surface area (TPSA) is 38.8 Å². The number of likely N-dealkylation sites (N-methyl/N-ethyl adjacent to an activating group) is 1. The molecule has 5 heteroatoms. The highest BCUT2D eigenvalue weighted by atomic mass is 79.9. The van der Waals surface area contributed by atoms with Gasteiger partial charge in [-0.15, -0.1) is 0 Å². The van der Waals surface area contributed by atoms with E-state index in [0.29, 0.717) is 36.8 Å². The molecular weight excluding hydrogens is 346 g/mol. The zero-order valence-corrected chi connectivity index (χ0v) is 15.3. The first kappa shape index (κ1) is 18.6. The number of methoxy groups -OCH3 is 1. The molecule has 0 aromatic heterocycles. The maximum atomic E-state index is 12.6. The Hall–Kier alpha value is -1.49. The molecule has 0 unspecified atom stereocenters. The first-order chi connectivity index (χ1) is 10.4. The number of nitrogens with zero attached hydrogens (tertiary/aromatic N) is 1. The average molecular weight is 370 g/mol. The van der Waals surface area contributed by atoms with Gasteiger partial charge in [-0.1, -0.05) is 19.1 Å². The van der Waals surface area contributed by atoms with Gasteiger partial charge in [-0.25, -0.2) is 0 Å². The fraction of sp³-hybridized carbons (Fsp3) is 0.471. The van der Waals surface area contributed by atoms with E-state index in [4.69, 9.17) is 9.47 Å². The number of hydrogen-bond acceptors (Lipinski definition) is 3. The molecule has 0 radical (unpaired) electrons. The van der Waals surface area contributed by atoms with Crippen LogP contribution in [0.3, 0.4) is 0 Å². The van der Waals surface area contributed by atoms with Crippen molar-refractivity contribution >= 4 is 21.8 Å². The second-order valence-corrected chi connectivity index (χ2v) is 5.97. The second kappa shape index (κ2) is 8.83. The van der Waals surface area contributed by atoms with Crippen LogP contribution in [0.5, 0.6) is 11.5 Å². The molecule has 0 spiro atoms. The molecule has 0 heterocycles.